The minimum absolute atomic E-state index is 0.0323. The summed E-state index contributed by atoms with van der Waals surface area (Å²) in [7, 11) is 0. The van der Waals surface area contributed by atoms with Crippen LogP contribution in [0.4, 0.5) is 13.2 Å². The maximum Gasteiger partial charge on any atom is 0.422 e. The fourth-order valence-corrected chi connectivity index (χ4v) is 3.45. The lowest BCUT2D eigenvalue weighted by Gasteiger charge is -2.19. The number of hydrogen-bond acceptors (Lipinski definition) is 3. The quantitative estimate of drug-likeness (QED) is 0.788. The van der Waals surface area contributed by atoms with Crippen molar-refractivity contribution in [2.24, 2.45) is 10.9 Å². The molecule has 1 unspecified atom stereocenters. The molecule has 0 aromatic heterocycles. The molecule has 2 aliphatic rings. The van der Waals surface area contributed by atoms with Crippen LogP contribution < -0.4 is 4.74 Å². The average Bonchev–Trinajstić information content (AvgIpc) is 2.87. The summed E-state index contributed by atoms with van der Waals surface area (Å²) in [5.74, 6) is 0.153. The van der Waals surface area contributed by atoms with Crippen molar-refractivity contribution in [3.8, 4) is 5.75 Å². The van der Waals surface area contributed by atoms with Crippen LogP contribution in [0.5, 0.6) is 5.75 Å². The normalized spacial score (nSPS) is 20.4. The lowest BCUT2D eigenvalue weighted by Crippen LogP contribution is -2.28. The van der Waals surface area contributed by atoms with Crippen LogP contribution in [0.2, 0.25) is 0 Å². The summed E-state index contributed by atoms with van der Waals surface area (Å²) >= 11 is 6.14. The van der Waals surface area contributed by atoms with Crippen molar-refractivity contribution < 1.29 is 22.7 Å². The predicted octanol–water partition coefficient (Wildman–Crippen LogP) is 3.86. The summed E-state index contributed by atoms with van der Waals surface area (Å²) in [4.78, 5) is 18.6. The fourth-order valence-electron chi connectivity index (χ4n) is 3.22. The second kappa shape index (κ2) is 6.95. The smallest absolute Gasteiger partial charge is 0.422 e. The number of carbonyl (C=O) groups excluding carboxylic acids is 1. The highest BCUT2D eigenvalue weighted by Gasteiger charge is 2.37. The number of benzene rings is 1. The van der Waals surface area contributed by atoms with Gasteiger partial charge in [0.05, 0.1) is 0 Å². The summed E-state index contributed by atoms with van der Waals surface area (Å²) in [6.07, 6.45) is -4.38. The summed E-state index contributed by atoms with van der Waals surface area (Å²) < 4.78 is 41.6. The number of carbonyl (C=O) groups is 1. The van der Waals surface area contributed by atoms with E-state index in [-0.39, 0.29) is 17.6 Å². The third-order valence-electron chi connectivity index (χ3n) is 4.44. The molecule has 0 saturated heterocycles. The summed E-state index contributed by atoms with van der Waals surface area (Å²) in [6, 6.07) is 4.90. The molecule has 140 valence electrons. The van der Waals surface area contributed by atoms with E-state index in [1.54, 1.807) is 24.0 Å². The molecule has 26 heavy (non-hydrogen) atoms. The van der Waals surface area contributed by atoms with Crippen molar-refractivity contribution >= 4 is 22.7 Å². The third-order valence-corrected chi connectivity index (χ3v) is 4.79. The Balaban J connectivity index is 1.70. The number of hydrogen-bond donors (Lipinski definition) is 0. The molecule has 0 N–H and O–H groups in total. The Morgan fingerprint density at radius 2 is 2.12 bits per heavy atom. The zero-order chi connectivity index (χ0) is 19.1. The average molecular weight is 387 g/mol. The van der Waals surface area contributed by atoms with Crippen molar-refractivity contribution in [2.45, 2.75) is 26.6 Å². The Hall–Kier alpha value is -2.02. The minimum Gasteiger partial charge on any atom is -0.484 e. The molecule has 0 fully saturated rings. The highest BCUT2D eigenvalue weighted by molar-refractivity contribution is 6.70. The number of aryl methyl sites for hydroxylation is 1. The number of halogens is 4. The second-order valence-electron chi connectivity index (χ2n) is 6.59. The van der Waals surface area contributed by atoms with E-state index in [4.69, 9.17) is 16.3 Å². The molecule has 0 aliphatic carbocycles. The molecule has 0 spiro atoms. The first-order valence-corrected chi connectivity index (χ1v) is 8.55. The Labute approximate surface area is 154 Å². The van der Waals surface area contributed by atoms with Crippen LogP contribution in [-0.2, 0) is 11.3 Å². The van der Waals surface area contributed by atoms with E-state index in [9.17, 15) is 18.0 Å². The van der Waals surface area contributed by atoms with Gasteiger partial charge >= 0.3 is 6.18 Å². The van der Waals surface area contributed by atoms with Crippen LogP contribution in [0.25, 0.3) is 0 Å². The van der Waals surface area contributed by atoms with Gasteiger partial charge in [0.15, 0.2) is 6.61 Å². The van der Waals surface area contributed by atoms with Gasteiger partial charge in [-0.25, -0.2) is 0 Å². The van der Waals surface area contributed by atoms with Crippen LogP contribution in [0.3, 0.4) is 0 Å². The van der Waals surface area contributed by atoms with Gasteiger partial charge in [0, 0.05) is 36.7 Å². The van der Waals surface area contributed by atoms with Gasteiger partial charge in [-0.2, -0.15) is 13.2 Å². The van der Waals surface area contributed by atoms with Crippen LogP contribution in [0.15, 0.2) is 34.3 Å². The van der Waals surface area contributed by atoms with E-state index < -0.39 is 12.8 Å². The van der Waals surface area contributed by atoms with Crippen LogP contribution in [0.1, 0.15) is 18.1 Å². The summed E-state index contributed by atoms with van der Waals surface area (Å²) in [5.41, 5.74) is 2.89. The maximum atomic E-state index is 12.7. The molecule has 0 radical (unpaired) electrons. The Kier molecular flexibility index (Phi) is 5.01. The van der Waals surface area contributed by atoms with Crippen molar-refractivity contribution in [1.82, 2.24) is 4.90 Å². The van der Waals surface area contributed by atoms with Crippen molar-refractivity contribution in [3.05, 3.63) is 40.5 Å². The van der Waals surface area contributed by atoms with Gasteiger partial charge in [0.1, 0.15) is 10.9 Å². The molecule has 2 aliphatic heterocycles. The largest absolute Gasteiger partial charge is 0.484 e. The molecule has 1 amide bonds. The lowest BCUT2D eigenvalue weighted by atomic mass is 9.95. The first kappa shape index (κ1) is 18.8. The van der Waals surface area contributed by atoms with Gasteiger partial charge in [-0.15, -0.1) is 0 Å². The molecule has 2 heterocycles. The van der Waals surface area contributed by atoms with Gasteiger partial charge < -0.3 is 9.64 Å². The molecule has 1 aromatic carbocycles. The van der Waals surface area contributed by atoms with Gasteiger partial charge in [-0.3, -0.25) is 9.79 Å². The second-order valence-corrected chi connectivity index (χ2v) is 6.95. The molecular formula is C18H18ClF3N2O2. The van der Waals surface area contributed by atoms with E-state index >= 15 is 0 Å². The zero-order valence-electron chi connectivity index (χ0n) is 14.4. The number of alkyl halides is 3. The van der Waals surface area contributed by atoms with Crippen LogP contribution in [0, 0.1) is 12.8 Å². The molecule has 1 atom stereocenters. The third kappa shape index (κ3) is 3.87. The molecule has 1 aromatic rings. The van der Waals surface area contributed by atoms with E-state index in [1.165, 1.54) is 6.07 Å². The molecule has 0 bridgehead atoms. The summed E-state index contributed by atoms with van der Waals surface area (Å²) in [5, 5.41) is 0.390. The van der Waals surface area contributed by atoms with E-state index in [2.05, 4.69) is 4.99 Å². The first-order chi connectivity index (χ1) is 12.2. The van der Waals surface area contributed by atoms with Crippen LogP contribution in [-0.4, -0.2) is 41.9 Å². The SMILES string of the molecule is Cc1cc(CN2CC3=C(C2=O)C(C)CN=C3Cl)ccc1OCC(F)(F)F. The van der Waals surface area contributed by atoms with Gasteiger partial charge in [-0.05, 0) is 24.1 Å². The molecule has 4 nitrogen and oxygen atoms in total. The monoisotopic (exact) mass is 386 g/mol. The first-order valence-electron chi connectivity index (χ1n) is 8.17. The van der Waals surface area contributed by atoms with Crippen molar-refractivity contribution in [3.63, 3.8) is 0 Å². The van der Waals surface area contributed by atoms with Crippen molar-refractivity contribution in [2.75, 3.05) is 19.7 Å². The van der Waals surface area contributed by atoms with Crippen LogP contribution >= 0.6 is 11.6 Å². The fraction of sp³-hybridized carbons (Fsp3) is 0.444. The topological polar surface area (TPSA) is 41.9 Å². The number of aliphatic imine (C=N–C) groups is 1. The number of amides is 1. The Bertz CT molecular complexity index is 802. The summed E-state index contributed by atoms with van der Waals surface area (Å²) in [6.45, 7) is 3.54. The van der Waals surface area contributed by atoms with Crippen molar-refractivity contribution in [1.29, 1.82) is 0 Å². The predicted molar refractivity (Wildman–Crippen MR) is 92.5 cm³/mol. The number of ether oxygens (including phenoxy) is 1. The van der Waals surface area contributed by atoms with Gasteiger partial charge in [0.25, 0.3) is 5.91 Å². The Morgan fingerprint density at radius 3 is 2.73 bits per heavy atom. The number of nitrogens with zero attached hydrogens (tertiary/aromatic N) is 2. The molecule has 8 heteroatoms. The highest BCUT2D eigenvalue weighted by Crippen LogP contribution is 2.32. The number of dihydropyridines is 1. The van der Waals surface area contributed by atoms with E-state index in [0.29, 0.717) is 35.9 Å². The van der Waals surface area contributed by atoms with E-state index in [0.717, 1.165) is 11.1 Å². The minimum atomic E-state index is -4.38. The molecule has 0 saturated carbocycles. The molecular weight excluding hydrogens is 369 g/mol. The van der Waals surface area contributed by atoms with E-state index in [1.807, 2.05) is 6.92 Å². The zero-order valence-corrected chi connectivity index (χ0v) is 15.1. The maximum absolute atomic E-state index is 12.7. The highest BCUT2D eigenvalue weighted by atomic mass is 35.5. The van der Waals surface area contributed by atoms with Gasteiger partial charge in [-0.1, -0.05) is 30.7 Å². The Morgan fingerprint density at radius 1 is 1.38 bits per heavy atom. The lowest BCUT2D eigenvalue weighted by molar-refractivity contribution is -0.153. The standard InChI is InChI=1S/C18H18ClF3N2O2/c1-10-5-12(3-4-14(10)26-9-18(20,21)22)7-24-8-13-15(17(24)25)11(2)6-23-16(13)19/h3-5,11H,6-9H2,1-2H3. The number of rotatable bonds is 4. The molecule has 3 rings (SSSR count). The van der Waals surface area contributed by atoms with Gasteiger partial charge in [0.2, 0.25) is 0 Å².